The number of hydrogen-bond donors (Lipinski definition) is 2. The molecule has 0 spiro atoms. The second-order valence-electron chi connectivity index (χ2n) is 5.51. The molecule has 8 heteroatoms. The maximum absolute atomic E-state index is 5.84. The van der Waals surface area contributed by atoms with Gasteiger partial charge in [-0.15, -0.1) is 34.2 Å². The number of aromatic nitrogens is 3. The molecule has 1 aromatic rings. The lowest BCUT2D eigenvalue weighted by Crippen LogP contribution is -2.47. The molecule has 2 fully saturated rings. The van der Waals surface area contributed by atoms with Crippen molar-refractivity contribution in [3.05, 3.63) is 11.6 Å². The predicted molar refractivity (Wildman–Crippen MR) is 90.8 cm³/mol. The molecule has 2 saturated heterocycles. The number of nitrogens with zero attached hydrogens (tertiary/aromatic N) is 4. The van der Waals surface area contributed by atoms with Gasteiger partial charge in [-0.25, -0.2) is 0 Å². The molecule has 0 aliphatic carbocycles. The Balaban J connectivity index is 0.00000161. The van der Waals surface area contributed by atoms with Crippen molar-refractivity contribution in [1.29, 1.82) is 0 Å². The van der Waals surface area contributed by atoms with Gasteiger partial charge in [-0.2, -0.15) is 0 Å². The molecular formula is C13H23IN6O. The summed E-state index contributed by atoms with van der Waals surface area (Å²) in [6.45, 7) is 2.55. The Morgan fingerprint density at radius 1 is 1.43 bits per heavy atom. The second kappa shape index (κ2) is 6.91. The normalized spacial score (nSPS) is 27.6. The first kappa shape index (κ1) is 16.5. The average Bonchev–Trinajstić information content (AvgIpc) is 3.14. The van der Waals surface area contributed by atoms with E-state index >= 15 is 0 Å². The molecule has 0 amide bonds. The number of ether oxygens (including phenoxy) is 1. The number of hydrogen-bond acceptors (Lipinski definition) is 4. The van der Waals surface area contributed by atoms with Crippen molar-refractivity contribution in [2.45, 2.75) is 51.0 Å². The zero-order valence-electron chi connectivity index (χ0n) is 12.7. The summed E-state index contributed by atoms with van der Waals surface area (Å²) in [7, 11) is 3.75. The van der Waals surface area contributed by atoms with Crippen molar-refractivity contribution in [1.82, 2.24) is 25.4 Å². The van der Waals surface area contributed by atoms with Crippen LogP contribution < -0.4 is 10.6 Å². The van der Waals surface area contributed by atoms with Crippen LogP contribution in [0.4, 0.5) is 0 Å². The third kappa shape index (κ3) is 3.47. The summed E-state index contributed by atoms with van der Waals surface area (Å²) in [4.78, 5) is 4.27. The lowest BCUT2D eigenvalue weighted by atomic mass is 9.96. The number of nitrogens with one attached hydrogen (secondary N) is 2. The van der Waals surface area contributed by atoms with Crippen LogP contribution in [0.1, 0.15) is 30.9 Å². The van der Waals surface area contributed by atoms with E-state index in [0.717, 1.165) is 30.5 Å². The van der Waals surface area contributed by atoms with E-state index in [4.69, 9.17) is 4.74 Å². The Labute approximate surface area is 142 Å². The SMILES string of the molecule is CN=C(NCc1nnc(C)n1C)NC1CC2CCC1O2.I. The summed E-state index contributed by atoms with van der Waals surface area (Å²) < 4.78 is 7.82. The first-order valence-electron chi connectivity index (χ1n) is 7.15. The Kier molecular flexibility index (Phi) is 5.42. The van der Waals surface area contributed by atoms with Gasteiger partial charge in [0.1, 0.15) is 5.82 Å². The highest BCUT2D eigenvalue weighted by molar-refractivity contribution is 14.0. The largest absolute Gasteiger partial charge is 0.373 e. The van der Waals surface area contributed by atoms with E-state index < -0.39 is 0 Å². The summed E-state index contributed by atoms with van der Waals surface area (Å²) in [5.41, 5.74) is 0. The minimum Gasteiger partial charge on any atom is -0.373 e. The van der Waals surface area contributed by atoms with Gasteiger partial charge in [-0.3, -0.25) is 4.99 Å². The lowest BCUT2D eigenvalue weighted by Gasteiger charge is -2.22. The van der Waals surface area contributed by atoms with Crippen molar-refractivity contribution in [3.8, 4) is 0 Å². The van der Waals surface area contributed by atoms with Crippen LogP contribution in [0.3, 0.4) is 0 Å². The fourth-order valence-electron chi connectivity index (χ4n) is 2.93. The quantitative estimate of drug-likeness (QED) is 0.440. The molecule has 2 aliphatic heterocycles. The Morgan fingerprint density at radius 3 is 2.76 bits per heavy atom. The van der Waals surface area contributed by atoms with Crippen LogP contribution in [0, 0.1) is 6.92 Å². The average molecular weight is 406 g/mol. The summed E-state index contributed by atoms with van der Waals surface area (Å²) in [5, 5.41) is 14.9. The first-order chi connectivity index (χ1) is 9.67. The van der Waals surface area contributed by atoms with Crippen molar-refractivity contribution in [2.75, 3.05) is 7.05 Å². The molecule has 3 heterocycles. The van der Waals surface area contributed by atoms with E-state index in [-0.39, 0.29) is 24.0 Å². The van der Waals surface area contributed by atoms with Gasteiger partial charge in [0.05, 0.1) is 24.8 Å². The minimum atomic E-state index is 0. The van der Waals surface area contributed by atoms with Gasteiger partial charge in [0.15, 0.2) is 11.8 Å². The molecule has 0 radical (unpaired) electrons. The van der Waals surface area contributed by atoms with Crippen molar-refractivity contribution >= 4 is 29.9 Å². The van der Waals surface area contributed by atoms with Gasteiger partial charge < -0.3 is 19.9 Å². The standard InChI is InChI=1S/C13H22N6O.HI/c1-8-17-18-12(19(8)3)7-15-13(14-2)16-10-6-9-4-5-11(10)20-9;/h9-11H,4-7H2,1-3H3,(H2,14,15,16);1H. The molecule has 3 unspecified atom stereocenters. The second-order valence-corrected chi connectivity index (χ2v) is 5.51. The number of fused-ring (bicyclic) bond motifs is 2. The zero-order valence-corrected chi connectivity index (χ0v) is 15.0. The van der Waals surface area contributed by atoms with Crippen LogP contribution in [0.25, 0.3) is 0 Å². The third-order valence-electron chi connectivity index (χ3n) is 4.25. The Morgan fingerprint density at radius 2 is 2.24 bits per heavy atom. The molecule has 2 aliphatic rings. The first-order valence-corrected chi connectivity index (χ1v) is 7.15. The molecule has 21 heavy (non-hydrogen) atoms. The van der Waals surface area contributed by atoms with Gasteiger partial charge in [0.2, 0.25) is 0 Å². The molecule has 0 aromatic carbocycles. The number of rotatable bonds is 3. The zero-order chi connectivity index (χ0) is 14.1. The Hall–Kier alpha value is -0.900. The van der Waals surface area contributed by atoms with Gasteiger partial charge in [-0.05, 0) is 26.2 Å². The van der Waals surface area contributed by atoms with E-state index in [1.807, 2.05) is 18.5 Å². The molecular weight excluding hydrogens is 383 g/mol. The summed E-state index contributed by atoms with van der Waals surface area (Å²) in [6.07, 6.45) is 4.22. The smallest absolute Gasteiger partial charge is 0.191 e. The Bertz CT molecular complexity index is 517. The molecule has 118 valence electrons. The molecule has 0 saturated carbocycles. The van der Waals surface area contributed by atoms with Crippen molar-refractivity contribution < 1.29 is 4.74 Å². The highest BCUT2D eigenvalue weighted by atomic mass is 127. The van der Waals surface area contributed by atoms with Gasteiger partial charge in [0.25, 0.3) is 0 Å². The number of guanidine groups is 1. The third-order valence-corrected chi connectivity index (χ3v) is 4.25. The molecule has 1 aromatic heterocycles. The highest BCUT2D eigenvalue weighted by Gasteiger charge is 2.41. The van der Waals surface area contributed by atoms with Crippen LogP contribution >= 0.6 is 24.0 Å². The fourth-order valence-corrected chi connectivity index (χ4v) is 2.93. The summed E-state index contributed by atoms with van der Waals surface area (Å²) >= 11 is 0. The van der Waals surface area contributed by atoms with Crippen LogP contribution in [0.5, 0.6) is 0 Å². The van der Waals surface area contributed by atoms with E-state index in [9.17, 15) is 0 Å². The van der Waals surface area contributed by atoms with E-state index in [0.29, 0.717) is 24.8 Å². The minimum absolute atomic E-state index is 0. The van der Waals surface area contributed by atoms with Crippen molar-refractivity contribution in [2.24, 2.45) is 12.0 Å². The molecule has 3 rings (SSSR count). The van der Waals surface area contributed by atoms with Gasteiger partial charge in [0, 0.05) is 14.1 Å². The van der Waals surface area contributed by atoms with Crippen LogP contribution in [0.2, 0.25) is 0 Å². The molecule has 3 atom stereocenters. The van der Waals surface area contributed by atoms with Gasteiger partial charge >= 0.3 is 0 Å². The maximum atomic E-state index is 5.84. The fraction of sp³-hybridized carbons (Fsp3) is 0.769. The number of halogens is 1. The lowest BCUT2D eigenvalue weighted by molar-refractivity contribution is 0.0992. The van der Waals surface area contributed by atoms with Crippen molar-refractivity contribution in [3.63, 3.8) is 0 Å². The summed E-state index contributed by atoms with van der Waals surface area (Å²) in [6, 6.07) is 0.376. The maximum Gasteiger partial charge on any atom is 0.191 e. The van der Waals surface area contributed by atoms with Gasteiger partial charge in [-0.1, -0.05) is 0 Å². The van der Waals surface area contributed by atoms with Crippen LogP contribution in [-0.2, 0) is 18.3 Å². The highest BCUT2D eigenvalue weighted by Crippen LogP contribution is 2.34. The van der Waals surface area contributed by atoms with Crippen LogP contribution in [0.15, 0.2) is 4.99 Å². The topological polar surface area (TPSA) is 76.4 Å². The number of aliphatic imine (C=N–C) groups is 1. The van der Waals surface area contributed by atoms with E-state index in [2.05, 4.69) is 25.8 Å². The summed E-state index contributed by atoms with van der Waals surface area (Å²) in [5.74, 6) is 2.60. The predicted octanol–water partition coefficient (Wildman–Crippen LogP) is 0.726. The van der Waals surface area contributed by atoms with Crippen LogP contribution in [-0.4, -0.2) is 46.0 Å². The monoisotopic (exact) mass is 406 g/mol. The van der Waals surface area contributed by atoms with E-state index in [1.54, 1.807) is 7.05 Å². The number of aryl methyl sites for hydroxylation is 1. The molecule has 2 bridgehead atoms. The molecule has 2 N–H and O–H groups in total. The van der Waals surface area contributed by atoms with E-state index in [1.165, 1.54) is 6.42 Å². The molecule has 7 nitrogen and oxygen atoms in total.